The lowest BCUT2D eigenvalue weighted by molar-refractivity contribution is -0.380. The lowest BCUT2D eigenvalue weighted by Crippen LogP contribution is -2.04. The van der Waals surface area contributed by atoms with Crippen molar-refractivity contribution in [3.63, 3.8) is 0 Å². The third kappa shape index (κ3) is 2.66. The van der Waals surface area contributed by atoms with Crippen LogP contribution >= 0.6 is 22.7 Å². The first-order valence-corrected chi connectivity index (χ1v) is 6.23. The zero-order valence-electron chi connectivity index (χ0n) is 8.67. The summed E-state index contributed by atoms with van der Waals surface area (Å²) in [5.74, 6) is -0.192. The van der Waals surface area contributed by atoms with E-state index in [-0.39, 0.29) is 10.9 Å². The molecule has 1 amide bonds. The van der Waals surface area contributed by atoms with Crippen LogP contribution in [0.5, 0.6) is 0 Å². The molecule has 2 rings (SSSR count). The number of carbonyl (C=O) groups is 1. The number of amides is 1. The van der Waals surface area contributed by atoms with Crippen LogP contribution in [0.2, 0.25) is 0 Å². The molecule has 0 aliphatic carbocycles. The maximum absolute atomic E-state index is 10.8. The van der Waals surface area contributed by atoms with Gasteiger partial charge in [-0.05, 0) is 6.07 Å². The minimum atomic E-state index is -0.435. The van der Waals surface area contributed by atoms with Crippen molar-refractivity contribution in [3.05, 3.63) is 27.6 Å². The summed E-state index contributed by atoms with van der Waals surface area (Å²) in [6.45, 7) is 1.40. The van der Waals surface area contributed by atoms with Crippen LogP contribution in [0, 0.1) is 10.1 Å². The van der Waals surface area contributed by atoms with Crippen molar-refractivity contribution in [2.75, 3.05) is 5.32 Å². The summed E-state index contributed by atoms with van der Waals surface area (Å²) in [5.41, 5.74) is 0.636. The smallest absolute Gasteiger partial charge is 0.302 e. The number of anilines is 1. The Hall–Kier alpha value is -1.80. The molecule has 6 nitrogen and oxygen atoms in total. The zero-order chi connectivity index (χ0) is 12.4. The fraction of sp³-hybridized carbons (Fsp3) is 0.111. The number of nitro groups is 1. The minimum absolute atomic E-state index is 0.0778. The average molecular weight is 269 g/mol. The van der Waals surface area contributed by atoms with Gasteiger partial charge in [-0.1, -0.05) is 11.3 Å². The van der Waals surface area contributed by atoms with Crippen molar-refractivity contribution in [2.24, 2.45) is 0 Å². The molecule has 0 saturated heterocycles. The molecule has 17 heavy (non-hydrogen) atoms. The Morgan fingerprint density at radius 1 is 1.53 bits per heavy atom. The highest BCUT2D eigenvalue weighted by Crippen LogP contribution is 2.34. The van der Waals surface area contributed by atoms with E-state index in [0.717, 1.165) is 11.3 Å². The van der Waals surface area contributed by atoms with Gasteiger partial charge < -0.3 is 5.32 Å². The highest BCUT2D eigenvalue weighted by Gasteiger charge is 2.13. The molecule has 2 aromatic heterocycles. The van der Waals surface area contributed by atoms with Crippen LogP contribution in [0.15, 0.2) is 17.5 Å². The quantitative estimate of drug-likeness (QED) is 0.685. The predicted octanol–water partition coefficient (Wildman–Crippen LogP) is 2.74. The number of nitrogens with zero attached hydrogens (tertiary/aromatic N) is 2. The molecule has 0 atom stereocenters. The van der Waals surface area contributed by atoms with E-state index in [0.29, 0.717) is 15.7 Å². The van der Waals surface area contributed by atoms with Crippen molar-refractivity contribution >= 4 is 38.7 Å². The maximum atomic E-state index is 10.8. The summed E-state index contributed by atoms with van der Waals surface area (Å²) in [7, 11) is 0. The first-order chi connectivity index (χ1) is 8.06. The van der Waals surface area contributed by atoms with Gasteiger partial charge in [-0.3, -0.25) is 14.9 Å². The van der Waals surface area contributed by atoms with Crippen molar-refractivity contribution in [3.8, 4) is 10.6 Å². The van der Waals surface area contributed by atoms with Crippen molar-refractivity contribution in [1.82, 2.24) is 4.98 Å². The summed E-state index contributed by atoms with van der Waals surface area (Å²) >= 11 is 2.34. The third-order valence-electron chi connectivity index (χ3n) is 1.81. The molecule has 2 heterocycles. The summed E-state index contributed by atoms with van der Waals surface area (Å²) in [5, 5.41) is 15.4. The van der Waals surface area contributed by atoms with E-state index in [9.17, 15) is 14.9 Å². The second kappa shape index (κ2) is 4.60. The average Bonchev–Trinajstić information content (AvgIpc) is 2.83. The van der Waals surface area contributed by atoms with Crippen LogP contribution in [0.1, 0.15) is 6.92 Å². The Morgan fingerprint density at radius 3 is 2.88 bits per heavy atom. The molecule has 0 aromatic carbocycles. The Labute approximate surface area is 104 Å². The Balaban J connectivity index is 2.24. The molecule has 0 spiro atoms. The van der Waals surface area contributed by atoms with Gasteiger partial charge in [0.05, 0.1) is 15.5 Å². The van der Waals surface area contributed by atoms with Gasteiger partial charge in [-0.15, -0.1) is 11.3 Å². The van der Waals surface area contributed by atoms with Gasteiger partial charge in [-0.2, -0.15) is 0 Å². The number of thiazole rings is 1. The van der Waals surface area contributed by atoms with E-state index in [2.05, 4.69) is 10.3 Å². The Kier molecular flexibility index (Phi) is 3.16. The topological polar surface area (TPSA) is 85.1 Å². The third-order valence-corrected chi connectivity index (χ3v) is 3.63. The molecular weight excluding hydrogens is 262 g/mol. The number of carbonyl (C=O) groups excluding carboxylic acids is 1. The van der Waals surface area contributed by atoms with Crippen LogP contribution in [0.3, 0.4) is 0 Å². The number of aromatic nitrogens is 1. The van der Waals surface area contributed by atoms with Crippen molar-refractivity contribution in [2.45, 2.75) is 6.92 Å². The highest BCUT2D eigenvalue weighted by molar-refractivity contribution is 7.19. The van der Waals surface area contributed by atoms with Crippen LogP contribution in [0.4, 0.5) is 10.1 Å². The monoisotopic (exact) mass is 269 g/mol. The van der Waals surface area contributed by atoms with E-state index in [1.54, 1.807) is 11.4 Å². The van der Waals surface area contributed by atoms with E-state index in [1.165, 1.54) is 24.3 Å². The highest BCUT2D eigenvalue weighted by atomic mass is 32.1. The second-order valence-electron chi connectivity index (χ2n) is 3.11. The van der Waals surface area contributed by atoms with Gasteiger partial charge in [0.25, 0.3) is 0 Å². The molecule has 0 radical (unpaired) electrons. The number of nitrogens with one attached hydrogen (secondary N) is 1. The summed E-state index contributed by atoms with van der Waals surface area (Å²) in [6, 6.07) is 3.09. The molecule has 0 fully saturated rings. The molecule has 2 aromatic rings. The van der Waals surface area contributed by atoms with Gasteiger partial charge >= 0.3 is 5.00 Å². The number of hydrogen-bond donors (Lipinski definition) is 1. The van der Waals surface area contributed by atoms with Gasteiger partial charge in [0.2, 0.25) is 5.91 Å². The second-order valence-corrected chi connectivity index (χ2v) is 5.03. The molecule has 88 valence electrons. The number of thiophene rings is 1. The number of hydrogen-bond acceptors (Lipinski definition) is 6. The molecule has 8 heteroatoms. The lowest BCUT2D eigenvalue weighted by atomic mass is 10.4. The van der Waals surface area contributed by atoms with Gasteiger partial charge in [0, 0.05) is 18.4 Å². The molecule has 0 aliphatic heterocycles. The van der Waals surface area contributed by atoms with Crippen molar-refractivity contribution < 1.29 is 9.72 Å². The fourth-order valence-electron chi connectivity index (χ4n) is 1.16. The Bertz CT molecular complexity index is 576. The van der Waals surface area contributed by atoms with Gasteiger partial charge in [0.1, 0.15) is 0 Å². The summed E-state index contributed by atoms with van der Waals surface area (Å²) < 4.78 is 0. The van der Waals surface area contributed by atoms with Crippen LogP contribution in [-0.2, 0) is 4.79 Å². The van der Waals surface area contributed by atoms with E-state index in [4.69, 9.17) is 0 Å². The first kappa shape index (κ1) is 11.7. The maximum Gasteiger partial charge on any atom is 0.324 e. The van der Waals surface area contributed by atoms with E-state index in [1.807, 2.05) is 0 Å². The summed E-state index contributed by atoms with van der Waals surface area (Å²) in [6.07, 6.45) is 0. The summed E-state index contributed by atoms with van der Waals surface area (Å²) in [4.78, 5) is 25.8. The predicted molar refractivity (Wildman–Crippen MR) is 66.4 cm³/mol. The lowest BCUT2D eigenvalue weighted by Gasteiger charge is -1.92. The fourth-order valence-corrected chi connectivity index (χ4v) is 2.77. The van der Waals surface area contributed by atoms with Crippen LogP contribution < -0.4 is 5.32 Å². The Morgan fingerprint density at radius 2 is 2.29 bits per heavy atom. The van der Waals surface area contributed by atoms with Crippen molar-refractivity contribution in [1.29, 1.82) is 0 Å². The SMILES string of the molecule is CC(=O)Nc1nc(-c2ccc([N+](=O)[O-])s2)cs1. The molecule has 0 aliphatic rings. The van der Waals surface area contributed by atoms with Gasteiger partial charge in [-0.25, -0.2) is 4.98 Å². The van der Waals surface area contributed by atoms with E-state index < -0.39 is 4.92 Å². The van der Waals surface area contributed by atoms with E-state index >= 15 is 0 Å². The van der Waals surface area contributed by atoms with Crippen LogP contribution in [-0.4, -0.2) is 15.8 Å². The standard InChI is InChI=1S/C9H7N3O3S2/c1-5(13)10-9-11-6(4-16-9)7-2-3-8(17-7)12(14)15/h2-4H,1H3,(H,10,11,13). The zero-order valence-corrected chi connectivity index (χ0v) is 10.3. The molecule has 1 N–H and O–H groups in total. The molecule has 0 saturated carbocycles. The van der Waals surface area contributed by atoms with Gasteiger partial charge in [0.15, 0.2) is 5.13 Å². The normalized spacial score (nSPS) is 10.2. The molecular formula is C9H7N3O3S2. The molecule has 0 bridgehead atoms. The minimum Gasteiger partial charge on any atom is -0.302 e. The number of rotatable bonds is 3. The molecule has 0 unspecified atom stereocenters. The van der Waals surface area contributed by atoms with Crippen LogP contribution in [0.25, 0.3) is 10.6 Å². The first-order valence-electron chi connectivity index (χ1n) is 4.54. The largest absolute Gasteiger partial charge is 0.324 e.